The highest BCUT2D eigenvalue weighted by molar-refractivity contribution is 7.87. The monoisotopic (exact) mass is 511 g/mol. The number of hydrazone groups is 1. The molecule has 0 aliphatic carbocycles. The average molecular weight is 512 g/mol. The van der Waals surface area contributed by atoms with E-state index in [0.717, 1.165) is 11.3 Å². The van der Waals surface area contributed by atoms with Gasteiger partial charge in [-0.15, -0.1) is 10.2 Å². The van der Waals surface area contributed by atoms with Crippen molar-refractivity contribution in [3.8, 4) is 5.75 Å². The molecular formula is C22H17N5O6S2. The minimum Gasteiger partial charge on any atom is -0.459 e. The number of furan rings is 1. The molecule has 35 heavy (non-hydrogen) atoms. The minimum atomic E-state index is -4.04. The van der Waals surface area contributed by atoms with Crippen molar-refractivity contribution in [2.75, 3.05) is 5.32 Å². The van der Waals surface area contributed by atoms with Gasteiger partial charge in [0.15, 0.2) is 11.5 Å². The molecule has 0 radical (unpaired) electrons. The molecule has 0 aliphatic heterocycles. The van der Waals surface area contributed by atoms with Gasteiger partial charge >= 0.3 is 10.1 Å². The van der Waals surface area contributed by atoms with Crippen molar-refractivity contribution in [3.05, 3.63) is 89.3 Å². The first kappa shape index (κ1) is 23.8. The fourth-order valence-corrected chi connectivity index (χ4v) is 4.42. The number of hydrogen-bond acceptors (Lipinski definition) is 10. The molecule has 178 valence electrons. The van der Waals surface area contributed by atoms with Crippen molar-refractivity contribution in [1.82, 2.24) is 15.6 Å². The highest BCUT2D eigenvalue weighted by Gasteiger charge is 2.18. The molecule has 0 aliphatic rings. The van der Waals surface area contributed by atoms with Crippen molar-refractivity contribution in [3.63, 3.8) is 0 Å². The normalized spacial score (nSPS) is 11.3. The second-order valence-corrected chi connectivity index (χ2v) is 9.40. The van der Waals surface area contributed by atoms with E-state index in [2.05, 4.69) is 26.0 Å². The smallest absolute Gasteiger partial charge is 0.339 e. The van der Waals surface area contributed by atoms with Gasteiger partial charge < -0.3 is 8.60 Å². The Labute approximate surface area is 203 Å². The number of nitrogens with one attached hydrogen (secondary N) is 2. The number of para-hydroxylation sites is 1. The van der Waals surface area contributed by atoms with Crippen LogP contribution < -0.4 is 14.9 Å². The Morgan fingerprint density at radius 3 is 2.57 bits per heavy atom. The Kier molecular flexibility index (Phi) is 7.28. The summed E-state index contributed by atoms with van der Waals surface area (Å²) in [6.45, 7) is 0. The second-order valence-electron chi connectivity index (χ2n) is 6.79. The molecular weight excluding hydrogens is 494 g/mol. The highest BCUT2D eigenvalue weighted by atomic mass is 32.2. The van der Waals surface area contributed by atoms with Crippen molar-refractivity contribution in [1.29, 1.82) is 0 Å². The van der Waals surface area contributed by atoms with Gasteiger partial charge in [0, 0.05) is 5.56 Å². The van der Waals surface area contributed by atoms with Gasteiger partial charge in [0.05, 0.1) is 18.9 Å². The van der Waals surface area contributed by atoms with E-state index < -0.39 is 21.9 Å². The molecule has 2 heterocycles. The van der Waals surface area contributed by atoms with Crippen molar-refractivity contribution >= 4 is 44.6 Å². The molecule has 4 rings (SSSR count). The van der Waals surface area contributed by atoms with Crippen LogP contribution in [0.25, 0.3) is 0 Å². The zero-order valence-electron chi connectivity index (χ0n) is 17.8. The molecule has 0 bridgehead atoms. The van der Waals surface area contributed by atoms with E-state index in [9.17, 15) is 18.0 Å². The molecule has 2 amide bonds. The van der Waals surface area contributed by atoms with E-state index in [1.54, 1.807) is 42.5 Å². The first-order chi connectivity index (χ1) is 16.9. The first-order valence-electron chi connectivity index (χ1n) is 9.98. The van der Waals surface area contributed by atoms with E-state index in [1.807, 2.05) is 0 Å². The zero-order chi connectivity index (χ0) is 24.7. The Hall–Kier alpha value is -4.36. The number of anilines is 1. The Morgan fingerprint density at radius 1 is 1.03 bits per heavy atom. The number of hydrogen-bond donors (Lipinski definition) is 2. The van der Waals surface area contributed by atoms with Gasteiger partial charge in [0.1, 0.15) is 9.90 Å². The van der Waals surface area contributed by atoms with Crippen LogP contribution in [0.1, 0.15) is 21.1 Å². The zero-order valence-corrected chi connectivity index (χ0v) is 19.5. The van der Waals surface area contributed by atoms with Gasteiger partial charge in [-0.1, -0.05) is 41.7 Å². The van der Waals surface area contributed by atoms with Crippen LogP contribution in [-0.4, -0.2) is 36.6 Å². The van der Waals surface area contributed by atoms with Crippen LogP contribution in [0.3, 0.4) is 0 Å². The summed E-state index contributed by atoms with van der Waals surface area (Å²) in [5.74, 6) is -0.802. The average Bonchev–Trinajstić information content (AvgIpc) is 3.53. The maximum absolute atomic E-state index is 12.5. The Balaban J connectivity index is 1.34. The van der Waals surface area contributed by atoms with Crippen molar-refractivity contribution < 1.29 is 26.6 Å². The molecule has 0 atom stereocenters. The van der Waals surface area contributed by atoms with E-state index >= 15 is 0 Å². The van der Waals surface area contributed by atoms with Crippen LogP contribution in [-0.2, 0) is 21.3 Å². The van der Waals surface area contributed by atoms with Gasteiger partial charge in [-0.05, 0) is 36.4 Å². The van der Waals surface area contributed by atoms with E-state index in [0.29, 0.717) is 10.6 Å². The molecule has 0 unspecified atom stereocenters. The lowest BCUT2D eigenvalue weighted by atomic mass is 10.2. The summed E-state index contributed by atoms with van der Waals surface area (Å²) in [5.41, 5.74) is 2.67. The number of carbonyl (C=O) groups is 2. The lowest BCUT2D eigenvalue weighted by molar-refractivity contribution is -0.120. The first-order valence-corrected chi connectivity index (χ1v) is 12.2. The predicted octanol–water partition coefficient (Wildman–Crippen LogP) is 2.84. The molecule has 2 N–H and O–H groups in total. The van der Waals surface area contributed by atoms with E-state index in [1.165, 1.54) is 36.7 Å². The number of amides is 2. The molecule has 2 aromatic carbocycles. The van der Waals surface area contributed by atoms with Gasteiger partial charge in [0.2, 0.25) is 11.0 Å². The summed E-state index contributed by atoms with van der Waals surface area (Å²) in [7, 11) is -4.04. The maximum atomic E-state index is 12.5. The van der Waals surface area contributed by atoms with Gasteiger partial charge in [-0.3, -0.25) is 14.9 Å². The minimum absolute atomic E-state index is 0.0109. The van der Waals surface area contributed by atoms with Crippen LogP contribution >= 0.6 is 11.3 Å². The molecule has 2 aromatic heterocycles. The van der Waals surface area contributed by atoms with Gasteiger partial charge in [-0.25, -0.2) is 5.43 Å². The predicted molar refractivity (Wildman–Crippen MR) is 127 cm³/mol. The standard InChI is InChI=1S/C22H17N5O6S2/c28-19(13-20-26-27-22(34-20)24-21(29)18-11-6-12-32-18)25-23-14-15-7-4-5-10-17(15)33-35(30,31)16-8-2-1-3-9-16/h1-12,14H,13H2,(H,25,28)(H,24,27,29). The highest BCUT2D eigenvalue weighted by Crippen LogP contribution is 2.22. The molecule has 0 saturated heterocycles. The fraction of sp³-hybridized carbons (Fsp3) is 0.0455. The summed E-state index contributed by atoms with van der Waals surface area (Å²) in [6, 6.07) is 17.2. The summed E-state index contributed by atoms with van der Waals surface area (Å²) in [6.07, 6.45) is 2.51. The van der Waals surface area contributed by atoms with Gasteiger partial charge in [0.25, 0.3) is 5.91 Å². The molecule has 4 aromatic rings. The Morgan fingerprint density at radius 2 is 1.80 bits per heavy atom. The summed E-state index contributed by atoms with van der Waals surface area (Å²) in [5, 5.41) is 14.6. The molecule has 11 nitrogen and oxygen atoms in total. The maximum Gasteiger partial charge on any atom is 0.339 e. The number of rotatable bonds is 9. The van der Waals surface area contributed by atoms with Crippen LogP contribution in [0.4, 0.5) is 5.13 Å². The van der Waals surface area contributed by atoms with E-state index in [-0.39, 0.29) is 28.0 Å². The van der Waals surface area contributed by atoms with Crippen molar-refractivity contribution in [2.24, 2.45) is 5.10 Å². The number of carbonyl (C=O) groups excluding carboxylic acids is 2. The summed E-state index contributed by atoms with van der Waals surface area (Å²) < 4.78 is 35.2. The van der Waals surface area contributed by atoms with Crippen LogP contribution in [0, 0.1) is 0 Å². The molecule has 0 saturated carbocycles. The third-order valence-corrected chi connectivity index (χ3v) is 6.37. The quantitative estimate of drug-likeness (QED) is 0.198. The number of benzene rings is 2. The van der Waals surface area contributed by atoms with Crippen LogP contribution in [0.2, 0.25) is 0 Å². The second kappa shape index (κ2) is 10.7. The third-order valence-electron chi connectivity index (χ3n) is 4.29. The van der Waals surface area contributed by atoms with Crippen LogP contribution in [0.15, 0.2) is 87.4 Å². The topological polar surface area (TPSA) is 153 Å². The largest absolute Gasteiger partial charge is 0.459 e. The van der Waals surface area contributed by atoms with Gasteiger partial charge in [-0.2, -0.15) is 13.5 Å². The van der Waals surface area contributed by atoms with E-state index in [4.69, 9.17) is 8.60 Å². The lowest BCUT2D eigenvalue weighted by Gasteiger charge is -2.09. The molecule has 0 spiro atoms. The summed E-state index contributed by atoms with van der Waals surface area (Å²) >= 11 is 1.03. The number of nitrogens with zero attached hydrogens (tertiary/aromatic N) is 3. The lowest BCUT2D eigenvalue weighted by Crippen LogP contribution is -2.19. The van der Waals surface area contributed by atoms with Crippen molar-refractivity contribution in [2.45, 2.75) is 11.3 Å². The SMILES string of the molecule is O=C(Cc1nnc(NC(=O)c2ccco2)s1)NN=Cc1ccccc1OS(=O)(=O)c1ccccc1. The third kappa shape index (κ3) is 6.37. The molecule has 13 heteroatoms. The Bertz CT molecular complexity index is 1450. The number of aromatic nitrogens is 2. The summed E-state index contributed by atoms with van der Waals surface area (Å²) in [4.78, 5) is 24.2. The van der Waals surface area contributed by atoms with Crippen LogP contribution in [0.5, 0.6) is 5.75 Å². The molecule has 0 fully saturated rings. The fourth-order valence-electron chi connectivity index (χ4n) is 2.71.